The van der Waals surface area contributed by atoms with Gasteiger partial charge in [-0.3, -0.25) is 9.59 Å². The normalized spacial score (nSPS) is 16.9. The third-order valence-electron chi connectivity index (χ3n) is 3.59. The zero-order valence-electron chi connectivity index (χ0n) is 12.8. The Bertz CT molecular complexity index is 504. The second-order valence-corrected chi connectivity index (χ2v) is 5.13. The van der Waals surface area contributed by atoms with E-state index in [-0.39, 0.29) is 11.8 Å². The molecule has 0 saturated carbocycles. The van der Waals surface area contributed by atoms with Gasteiger partial charge >= 0.3 is 0 Å². The molecule has 2 rings (SSSR count). The molecule has 1 saturated heterocycles. The molecule has 2 heterocycles. The number of piperazine rings is 1. The van der Waals surface area contributed by atoms with Crippen LogP contribution in [0, 0.1) is 6.92 Å². The first-order valence-electron chi connectivity index (χ1n) is 7.29. The van der Waals surface area contributed by atoms with E-state index < -0.39 is 6.10 Å². The van der Waals surface area contributed by atoms with Gasteiger partial charge in [0, 0.05) is 32.8 Å². The highest BCUT2D eigenvalue weighted by Crippen LogP contribution is 2.12. The first-order valence-corrected chi connectivity index (χ1v) is 7.29. The van der Waals surface area contributed by atoms with Gasteiger partial charge in [0.15, 0.2) is 5.76 Å². The lowest BCUT2D eigenvalue weighted by Crippen LogP contribution is -2.52. The van der Waals surface area contributed by atoms with Gasteiger partial charge in [0.1, 0.15) is 11.9 Å². The minimum absolute atomic E-state index is 0.0159. The summed E-state index contributed by atoms with van der Waals surface area (Å²) in [6.07, 6.45) is -0.426. The van der Waals surface area contributed by atoms with Crippen LogP contribution in [0.2, 0.25) is 0 Å². The van der Waals surface area contributed by atoms with Crippen molar-refractivity contribution in [3.63, 3.8) is 0 Å². The molecular weight excluding hydrogens is 272 g/mol. The molecule has 0 aromatic carbocycles. The van der Waals surface area contributed by atoms with Crippen LogP contribution in [0.1, 0.15) is 30.2 Å². The zero-order valence-corrected chi connectivity index (χ0v) is 12.8. The second-order valence-electron chi connectivity index (χ2n) is 5.13. The van der Waals surface area contributed by atoms with Gasteiger partial charge in [0.05, 0.1) is 0 Å². The number of hydrogen-bond acceptors (Lipinski definition) is 4. The quantitative estimate of drug-likeness (QED) is 0.839. The van der Waals surface area contributed by atoms with Crippen molar-refractivity contribution in [2.24, 2.45) is 0 Å². The van der Waals surface area contributed by atoms with Gasteiger partial charge in [-0.25, -0.2) is 0 Å². The Morgan fingerprint density at radius 1 is 1.24 bits per heavy atom. The zero-order chi connectivity index (χ0) is 15.4. The van der Waals surface area contributed by atoms with Crippen molar-refractivity contribution in [3.05, 3.63) is 23.7 Å². The van der Waals surface area contributed by atoms with Gasteiger partial charge < -0.3 is 19.0 Å². The highest BCUT2D eigenvalue weighted by Gasteiger charge is 2.28. The molecule has 0 bridgehead atoms. The van der Waals surface area contributed by atoms with Crippen molar-refractivity contribution in [3.8, 4) is 0 Å². The maximum absolute atomic E-state index is 12.2. The van der Waals surface area contributed by atoms with Crippen molar-refractivity contribution in [2.75, 3.05) is 32.8 Å². The molecular formula is C15H22N2O4. The van der Waals surface area contributed by atoms with Crippen LogP contribution in [-0.2, 0) is 9.53 Å². The van der Waals surface area contributed by atoms with Crippen LogP contribution in [0.5, 0.6) is 0 Å². The Morgan fingerprint density at radius 3 is 2.38 bits per heavy atom. The summed E-state index contributed by atoms with van der Waals surface area (Å²) in [5.41, 5.74) is 0. The van der Waals surface area contributed by atoms with E-state index in [1.165, 1.54) is 0 Å². The molecule has 0 radical (unpaired) electrons. The Labute approximate surface area is 124 Å². The van der Waals surface area contributed by atoms with Gasteiger partial charge in [0.25, 0.3) is 11.8 Å². The third kappa shape index (κ3) is 3.64. The van der Waals surface area contributed by atoms with Crippen molar-refractivity contribution >= 4 is 11.8 Å². The Morgan fingerprint density at radius 2 is 1.86 bits per heavy atom. The summed E-state index contributed by atoms with van der Waals surface area (Å²) in [7, 11) is 0. The minimum atomic E-state index is -0.426. The molecule has 0 N–H and O–H groups in total. The number of carbonyl (C=O) groups excluding carboxylic acids is 2. The first kappa shape index (κ1) is 15.6. The van der Waals surface area contributed by atoms with Crippen LogP contribution >= 0.6 is 0 Å². The van der Waals surface area contributed by atoms with E-state index in [1.54, 1.807) is 28.9 Å². The molecule has 0 spiro atoms. The Kier molecular flexibility index (Phi) is 5.01. The smallest absolute Gasteiger partial charge is 0.289 e. The molecule has 116 valence electrons. The number of nitrogens with zero attached hydrogens (tertiary/aromatic N) is 2. The predicted molar refractivity (Wildman–Crippen MR) is 77.0 cm³/mol. The van der Waals surface area contributed by atoms with Crippen LogP contribution in [0.3, 0.4) is 0 Å². The fourth-order valence-electron chi connectivity index (χ4n) is 2.41. The van der Waals surface area contributed by atoms with Crippen molar-refractivity contribution in [1.29, 1.82) is 0 Å². The van der Waals surface area contributed by atoms with Crippen molar-refractivity contribution in [1.82, 2.24) is 9.80 Å². The summed E-state index contributed by atoms with van der Waals surface area (Å²) in [4.78, 5) is 27.8. The molecule has 1 aliphatic heterocycles. The van der Waals surface area contributed by atoms with E-state index in [0.29, 0.717) is 38.5 Å². The Hall–Kier alpha value is -1.82. The van der Waals surface area contributed by atoms with Gasteiger partial charge in [-0.15, -0.1) is 0 Å². The molecule has 1 aliphatic rings. The maximum Gasteiger partial charge on any atom is 0.289 e. The number of ether oxygens (including phenoxy) is 1. The topological polar surface area (TPSA) is 63.0 Å². The number of aryl methyl sites for hydroxylation is 1. The van der Waals surface area contributed by atoms with Crippen LogP contribution in [0.15, 0.2) is 16.5 Å². The van der Waals surface area contributed by atoms with Crippen LogP contribution in [0.25, 0.3) is 0 Å². The summed E-state index contributed by atoms with van der Waals surface area (Å²) in [5.74, 6) is 0.943. The molecule has 0 aliphatic carbocycles. The molecule has 21 heavy (non-hydrogen) atoms. The first-order chi connectivity index (χ1) is 10.0. The predicted octanol–water partition coefficient (Wildman–Crippen LogP) is 1.30. The van der Waals surface area contributed by atoms with E-state index in [2.05, 4.69) is 0 Å². The van der Waals surface area contributed by atoms with Gasteiger partial charge in [0.2, 0.25) is 0 Å². The van der Waals surface area contributed by atoms with E-state index in [0.717, 1.165) is 5.76 Å². The molecule has 1 aromatic rings. The van der Waals surface area contributed by atoms with E-state index >= 15 is 0 Å². The standard InChI is InChI=1S/C15H22N2O4/c1-4-20-12(3)14(18)16-7-9-17(10-8-16)15(19)13-6-5-11(2)21-13/h5-6,12H,4,7-10H2,1-3H3. The fraction of sp³-hybridized carbons (Fsp3) is 0.600. The summed E-state index contributed by atoms with van der Waals surface area (Å²) >= 11 is 0. The Balaban J connectivity index is 1.88. The summed E-state index contributed by atoms with van der Waals surface area (Å²) in [6.45, 7) is 8.04. The average molecular weight is 294 g/mol. The van der Waals surface area contributed by atoms with Crippen LogP contribution in [-0.4, -0.2) is 60.5 Å². The molecule has 2 amide bonds. The number of furan rings is 1. The fourth-order valence-corrected chi connectivity index (χ4v) is 2.41. The summed E-state index contributed by atoms with van der Waals surface area (Å²) in [6, 6.07) is 3.46. The largest absolute Gasteiger partial charge is 0.456 e. The lowest BCUT2D eigenvalue weighted by atomic mass is 10.2. The molecule has 1 atom stereocenters. The molecule has 1 aromatic heterocycles. The van der Waals surface area contributed by atoms with Crippen LogP contribution < -0.4 is 0 Å². The summed E-state index contributed by atoms with van der Waals surface area (Å²) < 4.78 is 10.7. The van der Waals surface area contributed by atoms with E-state index in [9.17, 15) is 9.59 Å². The molecule has 6 heteroatoms. The van der Waals surface area contributed by atoms with Crippen molar-refractivity contribution in [2.45, 2.75) is 26.9 Å². The second kappa shape index (κ2) is 6.76. The summed E-state index contributed by atoms with van der Waals surface area (Å²) in [5, 5.41) is 0. The number of carbonyl (C=O) groups is 2. The molecule has 1 fully saturated rings. The molecule has 1 unspecified atom stereocenters. The van der Waals surface area contributed by atoms with E-state index in [1.807, 2.05) is 13.8 Å². The van der Waals surface area contributed by atoms with Crippen LogP contribution in [0.4, 0.5) is 0 Å². The van der Waals surface area contributed by atoms with Crippen molar-refractivity contribution < 1.29 is 18.7 Å². The van der Waals surface area contributed by atoms with E-state index in [4.69, 9.17) is 9.15 Å². The van der Waals surface area contributed by atoms with Gasteiger partial charge in [-0.2, -0.15) is 0 Å². The SMILES string of the molecule is CCOC(C)C(=O)N1CCN(C(=O)c2ccc(C)o2)CC1. The van der Waals surface area contributed by atoms with Gasteiger partial charge in [-0.05, 0) is 32.9 Å². The monoisotopic (exact) mass is 294 g/mol. The highest BCUT2D eigenvalue weighted by atomic mass is 16.5. The lowest BCUT2D eigenvalue weighted by molar-refractivity contribution is -0.143. The highest BCUT2D eigenvalue weighted by molar-refractivity contribution is 5.91. The number of amides is 2. The molecule has 6 nitrogen and oxygen atoms in total. The lowest BCUT2D eigenvalue weighted by Gasteiger charge is -2.35. The number of hydrogen-bond donors (Lipinski definition) is 0. The third-order valence-corrected chi connectivity index (χ3v) is 3.59. The van der Waals surface area contributed by atoms with Gasteiger partial charge in [-0.1, -0.05) is 0 Å². The number of rotatable bonds is 4. The minimum Gasteiger partial charge on any atom is -0.456 e. The maximum atomic E-state index is 12.2. The average Bonchev–Trinajstić information content (AvgIpc) is 2.92.